The Balaban J connectivity index is 2.05. The molecule has 1 aliphatic rings. The first-order chi connectivity index (χ1) is 8.72. The van der Waals surface area contributed by atoms with E-state index in [1.54, 1.807) is 0 Å². The van der Waals surface area contributed by atoms with E-state index in [4.69, 9.17) is 5.26 Å². The van der Waals surface area contributed by atoms with Crippen molar-refractivity contribution in [1.29, 1.82) is 5.26 Å². The Morgan fingerprint density at radius 1 is 1.44 bits per heavy atom. The first kappa shape index (κ1) is 12.6. The molecule has 94 valence electrons. The summed E-state index contributed by atoms with van der Waals surface area (Å²) in [5.74, 6) is 0.0236. The van der Waals surface area contributed by atoms with Gasteiger partial charge in [0.2, 0.25) is 5.91 Å². The highest BCUT2D eigenvalue weighted by molar-refractivity contribution is 5.83. The lowest BCUT2D eigenvalue weighted by atomic mass is 9.95. The van der Waals surface area contributed by atoms with E-state index in [1.165, 1.54) is 0 Å². The minimum atomic E-state index is -0.122. The van der Waals surface area contributed by atoms with Gasteiger partial charge < -0.3 is 4.90 Å². The maximum Gasteiger partial charge on any atom is 0.229 e. The first-order valence-electron chi connectivity index (χ1n) is 6.45. The van der Waals surface area contributed by atoms with Gasteiger partial charge in [-0.05, 0) is 25.3 Å². The third-order valence-electron chi connectivity index (χ3n) is 3.59. The Kier molecular flexibility index (Phi) is 3.99. The number of likely N-dealkylation sites (tertiary alicyclic amines) is 1. The highest BCUT2D eigenvalue weighted by Gasteiger charge is 2.27. The van der Waals surface area contributed by atoms with E-state index in [2.05, 4.69) is 6.07 Å². The molecule has 1 aromatic rings. The summed E-state index contributed by atoms with van der Waals surface area (Å²) >= 11 is 0. The van der Waals surface area contributed by atoms with Crippen LogP contribution >= 0.6 is 0 Å². The first-order valence-corrected chi connectivity index (χ1v) is 6.45. The Morgan fingerprint density at radius 2 is 2.17 bits per heavy atom. The number of carbonyl (C=O) groups is 1. The van der Waals surface area contributed by atoms with Gasteiger partial charge in [0.15, 0.2) is 0 Å². The molecular formula is C15H18N2O. The fourth-order valence-electron chi connectivity index (χ4n) is 2.44. The van der Waals surface area contributed by atoms with E-state index < -0.39 is 0 Å². The molecule has 0 aromatic heterocycles. The molecule has 1 amide bonds. The van der Waals surface area contributed by atoms with Crippen molar-refractivity contribution in [3.8, 4) is 6.07 Å². The number of benzene rings is 1. The zero-order valence-corrected chi connectivity index (χ0v) is 10.7. The molecule has 1 saturated heterocycles. The van der Waals surface area contributed by atoms with E-state index in [0.717, 1.165) is 24.9 Å². The number of nitriles is 1. The normalized spacial score (nSPS) is 21.1. The molecular weight excluding hydrogens is 224 g/mol. The summed E-state index contributed by atoms with van der Waals surface area (Å²) in [4.78, 5) is 14.2. The number of nitrogens with zero attached hydrogens (tertiary/aromatic N) is 2. The van der Waals surface area contributed by atoms with Crippen LogP contribution in [0.2, 0.25) is 0 Å². The van der Waals surface area contributed by atoms with Crippen LogP contribution < -0.4 is 0 Å². The second-order valence-corrected chi connectivity index (χ2v) is 4.88. The molecule has 2 atom stereocenters. The molecule has 3 nitrogen and oxygen atoms in total. The lowest BCUT2D eigenvalue weighted by Crippen LogP contribution is -2.41. The van der Waals surface area contributed by atoms with Crippen molar-refractivity contribution >= 4 is 5.91 Å². The van der Waals surface area contributed by atoms with E-state index in [9.17, 15) is 4.79 Å². The lowest BCUT2D eigenvalue weighted by Gasteiger charge is -2.31. The van der Waals surface area contributed by atoms with Crippen LogP contribution in [0.5, 0.6) is 0 Å². The molecule has 0 bridgehead atoms. The molecule has 2 rings (SSSR count). The fourth-order valence-corrected chi connectivity index (χ4v) is 2.44. The summed E-state index contributed by atoms with van der Waals surface area (Å²) in [6.07, 6.45) is 1.85. The van der Waals surface area contributed by atoms with Gasteiger partial charge in [0.1, 0.15) is 0 Å². The van der Waals surface area contributed by atoms with Gasteiger partial charge >= 0.3 is 0 Å². The maximum absolute atomic E-state index is 12.4. The summed E-state index contributed by atoms with van der Waals surface area (Å²) in [5, 5.41) is 8.96. The molecule has 1 aromatic carbocycles. The predicted octanol–water partition coefficient (Wildman–Crippen LogP) is 2.55. The number of amides is 1. The van der Waals surface area contributed by atoms with Crippen LogP contribution in [-0.4, -0.2) is 23.9 Å². The number of hydrogen-bond donors (Lipinski definition) is 0. The Hall–Kier alpha value is -1.82. The van der Waals surface area contributed by atoms with Gasteiger partial charge in [-0.15, -0.1) is 0 Å². The zero-order chi connectivity index (χ0) is 13.0. The lowest BCUT2D eigenvalue weighted by molar-refractivity contribution is -0.133. The molecule has 1 aliphatic heterocycles. The second-order valence-electron chi connectivity index (χ2n) is 4.88. The summed E-state index contributed by atoms with van der Waals surface area (Å²) < 4.78 is 0. The van der Waals surface area contributed by atoms with Crippen LogP contribution in [0.3, 0.4) is 0 Å². The molecule has 18 heavy (non-hydrogen) atoms. The van der Waals surface area contributed by atoms with Crippen molar-refractivity contribution < 1.29 is 4.79 Å². The van der Waals surface area contributed by atoms with Crippen LogP contribution in [-0.2, 0) is 4.79 Å². The molecule has 0 spiro atoms. The Morgan fingerprint density at radius 3 is 2.83 bits per heavy atom. The average molecular weight is 242 g/mol. The van der Waals surface area contributed by atoms with Gasteiger partial charge in [0.25, 0.3) is 0 Å². The molecule has 1 heterocycles. The maximum atomic E-state index is 12.4. The van der Waals surface area contributed by atoms with Crippen LogP contribution in [0.4, 0.5) is 0 Å². The van der Waals surface area contributed by atoms with Crippen LogP contribution in [0.25, 0.3) is 0 Å². The van der Waals surface area contributed by atoms with Gasteiger partial charge in [0, 0.05) is 13.1 Å². The third kappa shape index (κ3) is 2.70. The Labute approximate surface area is 108 Å². The highest BCUT2D eigenvalue weighted by Crippen LogP contribution is 2.22. The van der Waals surface area contributed by atoms with Gasteiger partial charge in [-0.1, -0.05) is 30.3 Å². The van der Waals surface area contributed by atoms with E-state index in [0.29, 0.717) is 6.54 Å². The highest BCUT2D eigenvalue weighted by atomic mass is 16.2. The molecule has 0 aliphatic carbocycles. The van der Waals surface area contributed by atoms with Crippen LogP contribution in [0.1, 0.15) is 31.2 Å². The van der Waals surface area contributed by atoms with Gasteiger partial charge in [-0.25, -0.2) is 0 Å². The van der Waals surface area contributed by atoms with Crippen molar-refractivity contribution in [3.63, 3.8) is 0 Å². The summed E-state index contributed by atoms with van der Waals surface area (Å²) in [7, 11) is 0. The van der Waals surface area contributed by atoms with E-state index in [-0.39, 0.29) is 17.7 Å². The monoisotopic (exact) mass is 242 g/mol. The smallest absolute Gasteiger partial charge is 0.229 e. The topological polar surface area (TPSA) is 44.1 Å². The van der Waals surface area contributed by atoms with Gasteiger partial charge in [-0.3, -0.25) is 4.79 Å². The largest absolute Gasteiger partial charge is 0.341 e. The van der Waals surface area contributed by atoms with E-state index in [1.807, 2.05) is 42.2 Å². The van der Waals surface area contributed by atoms with Crippen molar-refractivity contribution in [1.82, 2.24) is 4.90 Å². The standard InChI is InChI=1S/C15H18N2O/c1-12(14-7-3-2-4-8-14)15(18)17-9-5-6-13(10-16)11-17/h2-4,7-8,12-13H,5-6,9,11H2,1H3. The van der Waals surface area contributed by atoms with Crippen LogP contribution in [0, 0.1) is 17.2 Å². The minimum absolute atomic E-state index is 0.00525. The van der Waals surface area contributed by atoms with Gasteiger partial charge in [0.05, 0.1) is 17.9 Å². The van der Waals surface area contributed by atoms with Crippen molar-refractivity contribution in [2.45, 2.75) is 25.7 Å². The van der Waals surface area contributed by atoms with Crippen molar-refractivity contribution in [3.05, 3.63) is 35.9 Å². The SMILES string of the molecule is CC(C(=O)N1CCCC(C#N)C1)c1ccccc1. The summed E-state index contributed by atoms with van der Waals surface area (Å²) in [6, 6.07) is 12.1. The van der Waals surface area contributed by atoms with Crippen molar-refractivity contribution in [2.24, 2.45) is 5.92 Å². The Bertz CT molecular complexity index is 449. The summed E-state index contributed by atoms with van der Waals surface area (Å²) in [5.41, 5.74) is 1.04. The van der Waals surface area contributed by atoms with Crippen molar-refractivity contribution in [2.75, 3.05) is 13.1 Å². The number of rotatable bonds is 2. The number of hydrogen-bond acceptors (Lipinski definition) is 2. The van der Waals surface area contributed by atoms with Crippen LogP contribution in [0.15, 0.2) is 30.3 Å². The van der Waals surface area contributed by atoms with E-state index >= 15 is 0 Å². The molecule has 3 heteroatoms. The third-order valence-corrected chi connectivity index (χ3v) is 3.59. The molecule has 2 unspecified atom stereocenters. The average Bonchev–Trinajstić information content (AvgIpc) is 2.46. The predicted molar refractivity (Wildman–Crippen MR) is 69.8 cm³/mol. The quantitative estimate of drug-likeness (QED) is 0.800. The molecule has 0 saturated carbocycles. The van der Waals surface area contributed by atoms with Gasteiger partial charge in [-0.2, -0.15) is 5.26 Å². The fraction of sp³-hybridized carbons (Fsp3) is 0.467. The summed E-state index contributed by atoms with van der Waals surface area (Å²) in [6.45, 7) is 3.31. The number of piperidine rings is 1. The number of carbonyl (C=O) groups excluding carboxylic acids is 1. The molecule has 1 fully saturated rings. The molecule has 0 radical (unpaired) electrons. The minimum Gasteiger partial charge on any atom is -0.341 e. The molecule has 0 N–H and O–H groups in total. The second kappa shape index (κ2) is 5.68. The zero-order valence-electron chi connectivity index (χ0n) is 10.7.